The topological polar surface area (TPSA) is 133 Å². The number of aliphatic hydroxyl groups excluding tert-OH is 3. The van der Waals surface area contributed by atoms with Crippen LogP contribution >= 0.6 is 0 Å². The van der Waals surface area contributed by atoms with E-state index in [1.807, 2.05) is 0 Å². The third kappa shape index (κ3) is 1.82. The van der Waals surface area contributed by atoms with Gasteiger partial charge in [0, 0.05) is 13.7 Å². The smallest absolute Gasteiger partial charge is 0.321 e. The quantitative estimate of drug-likeness (QED) is 0.446. The van der Waals surface area contributed by atoms with E-state index in [1.54, 1.807) is 6.92 Å². The fourth-order valence-electron chi connectivity index (χ4n) is 2.53. The molecule has 2 aliphatic heterocycles. The van der Waals surface area contributed by atoms with Gasteiger partial charge in [0.15, 0.2) is 0 Å². The highest BCUT2D eigenvalue weighted by Crippen LogP contribution is 2.52. The molecule has 2 heterocycles. The van der Waals surface area contributed by atoms with E-state index in [-0.39, 0.29) is 6.61 Å². The number of hydrogen-bond donors (Lipinski definition) is 4. The van der Waals surface area contributed by atoms with Crippen LogP contribution in [0.3, 0.4) is 0 Å². The Balaban J connectivity index is 2.47. The van der Waals surface area contributed by atoms with Crippen molar-refractivity contribution >= 4 is 0 Å². The minimum atomic E-state index is -2.25. The van der Waals surface area contributed by atoms with Crippen LogP contribution < -0.4 is 0 Å². The van der Waals surface area contributed by atoms with Crippen LogP contribution in [0.15, 0.2) is 10.2 Å². The van der Waals surface area contributed by atoms with Gasteiger partial charge in [-0.15, -0.1) is 0 Å². The number of methoxy groups -OCH3 is 1. The van der Waals surface area contributed by atoms with E-state index < -0.39 is 42.2 Å². The van der Waals surface area contributed by atoms with Crippen molar-refractivity contribution in [1.29, 1.82) is 0 Å². The first kappa shape index (κ1) is 15.7. The zero-order valence-corrected chi connectivity index (χ0v) is 11.6. The van der Waals surface area contributed by atoms with E-state index in [0.717, 1.165) is 0 Å². The van der Waals surface area contributed by atoms with Gasteiger partial charge in [-0.1, -0.05) is 0 Å². The first-order valence-electron chi connectivity index (χ1n) is 6.32. The fourth-order valence-corrected chi connectivity index (χ4v) is 2.53. The summed E-state index contributed by atoms with van der Waals surface area (Å²) >= 11 is 0. The monoisotopic (exact) mass is 292 g/mol. The Bertz CT molecular complexity index is 400. The zero-order valence-electron chi connectivity index (χ0n) is 11.6. The normalized spacial score (nSPS) is 46.5. The molecular weight excluding hydrogens is 272 g/mol. The summed E-state index contributed by atoms with van der Waals surface area (Å²) in [6.45, 7) is 2.59. The van der Waals surface area contributed by atoms with Crippen LogP contribution in [-0.2, 0) is 14.2 Å². The molecule has 4 N–H and O–H groups in total. The van der Waals surface area contributed by atoms with Crippen LogP contribution in [0, 0.1) is 0 Å². The van der Waals surface area contributed by atoms with Crippen molar-refractivity contribution in [2.75, 3.05) is 20.3 Å². The van der Waals surface area contributed by atoms with Gasteiger partial charge < -0.3 is 34.6 Å². The average molecular weight is 292 g/mol. The minimum Gasteiger partial charge on any atom is -0.394 e. The number of hydrogen-bond acceptors (Lipinski definition) is 9. The van der Waals surface area contributed by atoms with Crippen molar-refractivity contribution in [3.8, 4) is 0 Å². The lowest BCUT2D eigenvalue weighted by molar-refractivity contribution is -0.491. The standard InChI is InChI=1S/C11H20N2O7/c1-4-19-11(18-3)10(17,9(2)12-13-9)8(16)7(15)6(5-14)20-11/h6-8,14-17H,4-5H2,1-3H3/t6-,7+,8+,10+,11+/m1/s1. The Morgan fingerprint density at radius 3 is 2.30 bits per heavy atom. The molecular formula is C11H20N2O7. The number of aliphatic hydroxyl groups is 4. The largest absolute Gasteiger partial charge is 0.394 e. The molecule has 1 saturated heterocycles. The van der Waals surface area contributed by atoms with Gasteiger partial charge in [0.1, 0.15) is 18.3 Å². The summed E-state index contributed by atoms with van der Waals surface area (Å²) in [5.74, 6) is -2.11. The van der Waals surface area contributed by atoms with Crippen molar-refractivity contribution in [2.24, 2.45) is 10.2 Å². The summed E-state index contributed by atoms with van der Waals surface area (Å²) in [5, 5.41) is 47.8. The second-order valence-corrected chi connectivity index (χ2v) is 4.95. The Kier molecular flexibility index (Phi) is 3.89. The first-order valence-corrected chi connectivity index (χ1v) is 6.32. The Hall–Kier alpha value is -0.680. The number of rotatable bonds is 5. The minimum absolute atomic E-state index is 0.0905. The van der Waals surface area contributed by atoms with Gasteiger partial charge in [-0.2, -0.15) is 10.2 Å². The van der Waals surface area contributed by atoms with Gasteiger partial charge in [-0.3, -0.25) is 0 Å². The summed E-state index contributed by atoms with van der Waals surface area (Å²) in [6.07, 6.45) is -4.46. The van der Waals surface area contributed by atoms with E-state index >= 15 is 0 Å². The third-order valence-corrected chi connectivity index (χ3v) is 3.81. The Morgan fingerprint density at radius 1 is 1.30 bits per heavy atom. The summed E-state index contributed by atoms with van der Waals surface area (Å²) < 4.78 is 15.9. The molecule has 9 heteroatoms. The van der Waals surface area contributed by atoms with Gasteiger partial charge in [-0.25, -0.2) is 0 Å². The highest BCUT2D eigenvalue weighted by Gasteiger charge is 2.77. The molecule has 0 aliphatic carbocycles. The van der Waals surface area contributed by atoms with Gasteiger partial charge in [0.05, 0.1) is 6.61 Å². The molecule has 0 aromatic heterocycles. The van der Waals surface area contributed by atoms with Gasteiger partial charge >= 0.3 is 5.97 Å². The van der Waals surface area contributed by atoms with Crippen molar-refractivity contribution < 1.29 is 34.6 Å². The molecule has 116 valence electrons. The summed E-state index contributed by atoms with van der Waals surface area (Å²) in [4.78, 5) is 0. The molecule has 0 aromatic carbocycles. The molecule has 2 rings (SSSR count). The van der Waals surface area contributed by atoms with Crippen LogP contribution in [-0.4, -0.2) is 76.3 Å². The Labute approximate surface area is 115 Å². The van der Waals surface area contributed by atoms with E-state index in [9.17, 15) is 20.4 Å². The van der Waals surface area contributed by atoms with Crippen LogP contribution in [0.1, 0.15) is 13.8 Å². The lowest BCUT2D eigenvalue weighted by atomic mass is 9.77. The highest BCUT2D eigenvalue weighted by atomic mass is 16.9. The zero-order chi connectivity index (χ0) is 15.2. The van der Waals surface area contributed by atoms with E-state index in [2.05, 4.69) is 10.2 Å². The highest BCUT2D eigenvalue weighted by molar-refractivity contribution is 5.19. The number of nitrogens with zero attached hydrogens (tertiary/aromatic N) is 2. The fraction of sp³-hybridized carbons (Fsp3) is 1.00. The average Bonchev–Trinajstić information content (AvgIpc) is 3.19. The molecule has 0 unspecified atom stereocenters. The molecule has 2 aliphatic rings. The SMILES string of the molecule is CCO[C@]1(OC)O[C@H](CO)[C@H](O)[C@H](O)[C@]1(O)C1(C)N=N1. The predicted molar refractivity (Wildman–Crippen MR) is 63.5 cm³/mol. The van der Waals surface area contributed by atoms with Gasteiger partial charge in [-0.05, 0) is 13.8 Å². The van der Waals surface area contributed by atoms with Crippen LogP contribution in [0.2, 0.25) is 0 Å². The third-order valence-electron chi connectivity index (χ3n) is 3.81. The molecule has 0 radical (unpaired) electrons. The van der Waals surface area contributed by atoms with Gasteiger partial charge in [0.2, 0.25) is 11.3 Å². The van der Waals surface area contributed by atoms with Crippen molar-refractivity contribution in [3.05, 3.63) is 0 Å². The Morgan fingerprint density at radius 2 is 1.90 bits per heavy atom. The lowest BCUT2D eigenvalue weighted by Crippen LogP contribution is -2.79. The van der Waals surface area contributed by atoms with Crippen LogP contribution in [0.4, 0.5) is 0 Å². The van der Waals surface area contributed by atoms with Crippen LogP contribution in [0.5, 0.6) is 0 Å². The van der Waals surface area contributed by atoms with Crippen LogP contribution in [0.25, 0.3) is 0 Å². The van der Waals surface area contributed by atoms with Gasteiger partial charge in [0.25, 0.3) is 0 Å². The molecule has 5 atom stereocenters. The molecule has 0 amide bonds. The van der Waals surface area contributed by atoms with E-state index in [0.29, 0.717) is 0 Å². The summed E-state index contributed by atoms with van der Waals surface area (Å²) in [6, 6.07) is 0. The van der Waals surface area contributed by atoms with Crippen molar-refractivity contribution in [2.45, 2.75) is 49.4 Å². The molecule has 0 spiro atoms. The molecule has 0 bridgehead atoms. The van der Waals surface area contributed by atoms with Crippen molar-refractivity contribution in [3.63, 3.8) is 0 Å². The molecule has 0 saturated carbocycles. The summed E-state index contributed by atoms with van der Waals surface area (Å²) in [7, 11) is 1.21. The maximum absolute atomic E-state index is 10.9. The predicted octanol–water partition coefficient (Wildman–Crippen LogP) is -1.65. The lowest BCUT2D eigenvalue weighted by Gasteiger charge is -2.54. The first-order chi connectivity index (χ1) is 9.32. The maximum atomic E-state index is 10.9. The second-order valence-electron chi connectivity index (χ2n) is 4.95. The molecule has 0 aromatic rings. The van der Waals surface area contributed by atoms with E-state index in [1.165, 1.54) is 14.0 Å². The maximum Gasteiger partial charge on any atom is 0.321 e. The molecule has 9 nitrogen and oxygen atoms in total. The number of ether oxygens (including phenoxy) is 3. The molecule has 1 fully saturated rings. The molecule has 20 heavy (non-hydrogen) atoms. The van der Waals surface area contributed by atoms with E-state index in [4.69, 9.17) is 14.2 Å². The summed E-state index contributed by atoms with van der Waals surface area (Å²) in [5.41, 5.74) is -3.69. The second kappa shape index (κ2) is 4.95. The van der Waals surface area contributed by atoms with Crippen molar-refractivity contribution in [1.82, 2.24) is 0 Å².